The number of hydrogen-bond donors (Lipinski definition) is 0. The molecular formula is C32H34Cl2Zr-2. The standard InChI is InChI=1S/C13H9.C11H17.C8H8.2ClH.Zr/c1-3-7-12-10(5-1)9-11-6-2-4-8-13(11)12;1-8-6-9(2)10(7-8)11(3,4)5;1-2-8-6-4-3-5-7-8;;;/h1-9H;7-8H,1-5H3;3-7H,1H3;2*1H;/q2*-1;;;;+2/p-2. The molecule has 182 valence electrons. The van der Waals surface area contributed by atoms with E-state index in [1.54, 1.807) is 0 Å². The van der Waals surface area contributed by atoms with Crippen LogP contribution in [0, 0.1) is 17.4 Å². The van der Waals surface area contributed by atoms with Gasteiger partial charge in [-0.05, 0) is 0 Å². The second-order valence-corrected chi connectivity index (χ2v) is 11.5. The first-order chi connectivity index (χ1) is 15.7. The fraction of sp³-hybridized carbons (Fsp3) is 0.250. The molecule has 3 heteroatoms. The fourth-order valence-corrected chi connectivity index (χ4v) is 4.65. The second kappa shape index (κ2) is 14.2. The summed E-state index contributed by atoms with van der Waals surface area (Å²) >= 11 is 1.51. The fourth-order valence-electron chi connectivity index (χ4n) is 4.24. The Kier molecular flexibility index (Phi) is 12.7. The Balaban J connectivity index is 0.000000260. The molecule has 0 spiro atoms. The molecule has 4 aromatic rings. The van der Waals surface area contributed by atoms with Crippen LogP contribution in [0.1, 0.15) is 47.1 Å². The third-order valence-corrected chi connectivity index (χ3v) is 6.51. The zero-order valence-corrected chi connectivity index (χ0v) is 25.5. The average molecular weight is 581 g/mol. The maximum atomic E-state index is 3.40. The molecule has 0 bridgehead atoms. The minimum absolute atomic E-state index is 0. The monoisotopic (exact) mass is 578 g/mol. The van der Waals surface area contributed by atoms with Crippen molar-refractivity contribution in [1.82, 2.24) is 0 Å². The molecule has 4 aromatic carbocycles. The predicted octanol–water partition coefficient (Wildman–Crippen LogP) is 2.85. The number of fused-ring (bicyclic) bond motifs is 3. The Bertz CT molecular complexity index is 1240. The minimum Gasteiger partial charge on any atom is -1.00 e. The Labute approximate surface area is 239 Å². The Hall–Kier alpha value is -1.66. The van der Waals surface area contributed by atoms with Gasteiger partial charge in [0.25, 0.3) is 0 Å². The summed E-state index contributed by atoms with van der Waals surface area (Å²) in [5.41, 5.74) is 4.47. The van der Waals surface area contributed by atoms with Gasteiger partial charge in [0.15, 0.2) is 0 Å². The maximum Gasteiger partial charge on any atom is -0.0771 e. The molecule has 0 radical (unpaired) electrons. The van der Waals surface area contributed by atoms with E-state index in [1.807, 2.05) is 6.07 Å². The number of rotatable bonds is 1. The molecule has 1 aliphatic rings. The van der Waals surface area contributed by atoms with Crippen molar-refractivity contribution in [2.24, 2.45) is 11.3 Å². The Morgan fingerprint density at radius 1 is 0.800 bits per heavy atom. The third kappa shape index (κ3) is 8.75. The topological polar surface area (TPSA) is 0 Å². The number of halogens is 2. The van der Waals surface area contributed by atoms with E-state index in [-0.39, 0.29) is 24.8 Å². The normalized spacial score (nSPS) is 14.3. The van der Waals surface area contributed by atoms with Crippen molar-refractivity contribution in [3.63, 3.8) is 0 Å². The first-order valence-corrected chi connectivity index (χ1v) is 12.9. The van der Waals surface area contributed by atoms with Crippen LogP contribution in [0.3, 0.4) is 0 Å². The van der Waals surface area contributed by atoms with Crippen molar-refractivity contribution in [3.05, 3.63) is 114 Å². The average Bonchev–Trinajstić information content (AvgIpc) is 3.34. The van der Waals surface area contributed by atoms with Crippen molar-refractivity contribution in [3.8, 4) is 0 Å². The van der Waals surface area contributed by atoms with E-state index < -0.39 is 0 Å². The molecule has 35 heavy (non-hydrogen) atoms. The number of allylic oxidation sites excluding steroid dienone is 4. The van der Waals surface area contributed by atoms with Crippen molar-refractivity contribution in [1.29, 1.82) is 0 Å². The molecule has 1 aliphatic carbocycles. The summed E-state index contributed by atoms with van der Waals surface area (Å²) in [6, 6.07) is 29.7. The molecule has 1 unspecified atom stereocenters. The third-order valence-electron chi connectivity index (χ3n) is 5.80. The van der Waals surface area contributed by atoms with Crippen LogP contribution in [0.25, 0.3) is 21.5 Å². The van der Waals surface area contributed by atoms with Crippen molar-refractivity contribution in [2.75, 3.05) is 0 Å². The van der Waals surface area contributed by atoms with Crippen molar-refractivity contribution < 1.29 is 49.0 Å². The van der Waals surface area contributed by atoms with E-state index in [1.165, 1.54) is 65.7 Å². The molecule has 0 saturated carbocycles. The van der Waals surface area contributed by atoms with Gasteiger partial charge in [-0.3, -0.25) is 6.08 Å². The van der Waals surface area contributed by atoms with E-state index in [0.717, 1.165) is 0 Å². The quantitative estimate of drug-likeness (QED) is 0.304. The summed E-state index contributed by atoms with van der Waals surface area (Å²) in [4.78, 5) is 0. The predicted molar refractivity (Wildman–Crippen MR) is 142 cm³/mol. The van der Waals surface area contributed by atoms with Crippen LogP contribution in [-0.4, -0.2) is 3.21 Å². The van der Waals surface area contributed by atoms with Crippen LogP contribution < -0.4 is 24.8 Å². The van der Waals surface area contributed by atoms with Gasteiger partial charge >= 0.3 is 70.3 Å². The van der Waals surface area contributed by atoms with Gasteiger partial charge in [0.05, 0.1) is 0 Å². The van der Waals surface area contributed by atoms with Crippen LogP contribution in [0.5, 0.6) is 0 Å². The second-order valence-electron chi connectivity index (χ2n) is 9.70. The van der Waals surface area contributed by atoms with Crippen LogP contribution >= 0.6 is 0 Å². The molecular weight excluding hydrogens is 546 g/mol. The van der Waals surface area contributed by atoms with Gasteiger partial charge in [-0.2, -0.15) is 11.6 Å². The SMILES string of the molecule is CC1=[C-]C(C)C=C1C(C)(C)C.C[C](=[Zr+2])c1ccccc1.[Cl-].[Cl-].c1ccc2c(c1)[cH-]c1ccccc12. The maximum absolute atomic E-state index is 3.40. The van der Waals surface area contributed by atoms with E-state index in [4.69, 9.17) is 0 Å². The summed E-state index contributed by atoms with van der Waals surface area (Å²) in [7, 11) is 0. The summed E-state index contributed by atoms with van der Waals surface area (Å²) in [6.45, 7) is 13.3. The Morgan fingerprint density at radius 3 is 1.60 bits per heavy atom. The first-order valence-electron chi connectivity index (χ1n) is 11.6. The van der Waals surface area contributed by atoms with E-state index in [9.17, 15) is 0 Å². The minimum atomic E-state index is 0. The van der Waals surface area contributed by atoms with E-state index in [0.29, 0.717) is 11.3 Å². The van der Waals surface area contributed by atoms with Crippen molar-refractivity contribution >= 4 is 24.8 Å². The molecule has 5 rings (SSSR count). The summed E-state index contributed by atoms with van der Waals surface area (Å²) in [6.07, 6.45) is 5.71. The molecule has 0 heterocycles. The summed E-state index contributed by atoms with van der Waals surface area (Å²) < 4.78 is 1.46. The molecule has 0 amide bonds. The largest absolute Gasteiger partial charge is 1.00 e. The van der Waals surface area contributed by atoms with Crippen LogP contribution in [0.4, 0.5) is 0 Å². The summed E-state index contributed by atoms with van der Waals surface area (Å²) in [5.74, 6) is 0.518. The molecule has 1 atom stereocenters. The van der Waals surface area contributed by atoms with Gasteiger partial charge in [0.1, 0.15) is 0 Å². The molecule has 0 fully saturated rings. The smallest absolute Gasteiger partial charge is 0.0771 e. The molecule has 0 aliphatic heterocycles. The van der Waals surface area contributed by atoms with Gasteiger partial charge in [0.2, 0.25) is 0 Å². The van der Waals surface area contributed by atoms with Crippen LogP contribution in [-0.2, 0) is 24.2 Å². The molecule has 0 nitrogen and oxygen atoms in total. The Morgan fingerprint density at radius 2 is 1.26 bits per heavy atom. The summed E-state index contributed by atoms with van der Waals surface area (Å²) in [5, 5.41) is 5.39. The van der Waals surface area contributed by atoms with E-state index >= 15 is 0 Å². The van der Waals surface area contributed by atoms with Gasteiger partial charge in [-0.15, -0.1) is 39.7 Å². The zero-order valence-electron chi connectivity index (χ0n) is 21.5. The van der Waals surface area contributed by atoms with Gasteiger partial charge in [-0.1, -0.05) is 82.3 Å². The van der Waals surface area contributed by atoms with Crippen molar-refractivity contribution in [2.45, 2.75) is 41.5 Å². The molecule has 0 saturated heterocycles. The molecule has 0 N–H and O–H groups in total. The molecule has 0 aromatic heterocycles. The van der Waals surface area contributed by atoms with Crippen LogP contribution in [0.15, 0.2) is 102 Å². The van der Waals surface area contributed by atoms with Gasteiger partial charge < -0.3 is 24.8 Å². The zero-order chi connectivity index (χ0) is 24.0. The number of hydrogen-bond acceptors (Lipinski definition) is 0. The van der Waals surface area contributed by atoms with Crippen LogP contribution in [0.2, 0.25) is 0 Å². The van der Waals surface area contributed by atoms with E-state index in [2.05, 4.69) is 133 Å². The van der Waals surface area contributed by atoms with Gasteiger partial charge in [0, 0.05) is 0 Å². The first kappa shape index (κ1) is 31.4. The van der Waals surface area contributed by atoms with Gasteiger partial charge in [-0.25, -0.2) is 5.57 Å². The number of benzene rings is 3.